The first-order valence-electron chi connectivity index (χ1n) is 10.2. The molecule has 0 spiro atoms. The summed E-state index contributed by atoms with van der Waals surface area (Å²) >= 11 is 0. The molecular formula is C27H22N2O. The Balaban J connectivity index is 1.95. The molecule has 0 amide bonds. The Morgan fingerprint density at radius 2 is 1.33 bits per heavy atom. The number of benzene rings is 4. The zero-order chi connectivity index (χ0) is 20.5. The molecule has 0 atom stereocenters. The average Bonchev–Trinajstić information content (AvgIpc) is 3.14. The molecule has 0 aliphatic carbocycles. The van der Waals surface area contributed by atoms with Gasteiger partial charge in [0, 0.05) is 39.8 Å². The molecule has 0 aliphatic heterocycles. The molecule has 0 fully saturated rings. The maximum absolute atomic E-state index is 12.2. The van der Waals surface area contributed by atoms with Crippen LogP contribution in [0.15, 0.2) is 97.1 Å². The molecule has 1 heterocycles. The van der Waals surface area contributed by atoms with Crippen LogP contribution in [-0.4, -0.2) is 10.9 Å². The molecule has 3 heteroatoms. The number of carbonyl (C=O) groups excluding carboxylic acids is 1. The van der Waals surface area contributed by atoms with Crippen LogP contribution in [0.25, 0.3) is 21.8 Å². The van der Waals surface area contributed by atoms with Crippen LogP contribution in [0.1, 0.15) is 17.3 Å². The second-order valence-corrected chi connectivity index (χ2v) is 7.29. The summed E-state index contributed by atoms with van der Waals surface area (Å²) < 4.78 is 2.31. The van der Waals surface area contributed by atoms with Crippen LogP contribution in [-0.2, 0) is 6.54 Å². The van der Waals surface area contributed by atoms with Gasteiger partial charge in [0.05, 0.1) is 11.2 Å². The molecule has 3 nitrogen and oxygen atoms in total. The molecule has 0 bridgehead atoms. The van der Waals surface area contributed by atoms with Crippen LogP contribution in [0, 0.1) is 0 Å². The largest absolute Gasteiger partial charge is 0.339 e. The van der Waals surface area contributed by atoms with E-state index in [4.69, 9.17) is 0 Å². The normalized spacial score (nSPS) is 11.1. The molecule has 146 valence electrons. The molecular weight excluding hydrogens is 368 g/mol. The zero-order valence-electron chi connectivity index (χ0n) is 16.8. The number of hydrogen-bond donors (Lipinski definition) is 0. The van der Waals surface area contributed by atoms with E-state index in [0.717, 1.165) is 40.8 Å². The molecule has 30 heavy (non-hydrogen) atoms. The van der Waals surface area contributed by atoms with E-state index in [-0.39, 0.29) is 0 Å². The van der Waals surface area contributed by atoms with Crippen molar-refractivity contribution in [1.82, 2.24) is 4.57 Å². The van der Waals surface area contributed by atoms with Gasteiger partial charge in [0.1, 0.15) is 0 Å². The highest BCUT2D eigenvalue weighted by Crippen LogP contribution is 2.43. The minimum absolute atomic E-state index is 0.674. The van der Waals surface area contributed by atoms with Crippen LogP contribution in [0.5, 0.6) is 0 Å². The van der Waals surface area contributed by atoms with E-state index >= 15 is 0 Å². The summed E-state index contributed by atoms with van der Waals surface area (Å²) in [5.74, 6) is 0. The lowest BCUT2D eigenvalue weighted by Crippen LogP contribution is -2.14. The first-order valence-corrected chi connectivity index (χ1v) is 10.2. The fourth-order valence-corrected chi connectivity index (χ4v) is 4.36. The van der Waals surface area contributed by atoms with E-state index in [1.807, 2.05) is 42.5 Å². The highest BCUT2D eigenvalue weighted by Gasteiger charge is 2.22. The number of rotatable bonds is 5. The van der Waals surface area contributed by atoms with E-state index in [0.29, 0.717) is 5.56 Å². The number of para-hydroxylation sites is 3. The first kappa shape index (κ1) is 18.2. The number of aromatic nitrogens is 1. The topological polar surface area (TPSA) is 25.2 Å². The van der Waals surface area contributed by atoms with Gasteiger partial charge >= 0.3 is 0 Å². The quantitative estimate of drug-likeness (QED) is 0.299. The maximum Gasteiger partial charge on any atom is 0.152 e. The summed E-state index contributed by atoms with van der Waals surface area (Å²) in [6.07, 6.45) is 0.964. The zero-order valence-corrected chi connectivity index (χ0v) is 16.8. The Kier molecular flexibility index (Phi) is 4.56. The van der Waals surface area contributed by atoms with E-state index in [1.54, 1.807) is 0 Å². The van der Waals surface area contributed by atoms with Crippen molar-refractivity contribution in [2.75, 3.05) is 4.90 Å². The van der Waals surface area contributed by atoms with E-state index in [2.05, 4.69) is 71.0 Å². The van der Waals surface area contributed by atoms with Crippen molar-refractivity contribution in [2.45, 2.75) is 13.5 Å². The van der Waals surface area contributed by atoms with E-state index < -0.39 is 0 Å². The van der Waals surface area contributed by atoms with Gasteiger partial charge in [-0.15, -0.1) is 0 Å². The molecule has 0 unspecified atom stereocenters. The summed E-state index contributed by atoms with van der Waals surface area (Å²) in [7, 11) is 0. The lowest BCUT2D eigenvalue weighted by molar-refractivity contribution is 0.112. The first-order chi connectivity index (χ1) is 14.8. The summed E-state index contributed by atoms with van der Waals surface area (Å²) in [6.45, 7) is 2.97. The van der Waals surface area contributed by atoms with Crippen LogP contribution >= 0.6 is 0 Å². The summed E-state index contributed by atoms with van der Waals surface area (Å²) in [5.41, 5.74) is 5.89. The van der Waals surface area contributed by atoms with Crippen molar-refractivity contribution in [3.05, 3.63) is 103 Å². The lowest BCUT2D eigenvalue weighted by Gasteiger charge is -2.28. The predicted molar refractivity (Wildman–Crippen MR) is 125 cm³/mol. The van der Waals surface area contributed by atoms with Crippen LogP contribution < -0.4 is 4.90 Å². The minimum Gasteiger partial charge on any atom is -0.339 e. The number of carbonyl (C=O) groups is 1. The van der Waals surface area contributed by atoms with Gasteiger partial charge in [-0.05, 0) is 43.3 Å². The summed E-state index contributed by atoms with van der Waals surface area (Å²) in [5, 5.41) is 2.36. The third-order valence-electron chi connectivity index (χ3n) is 5.63. The predicted octanol–water partition coefficient (Wildman–Crippen LogP) is 7.10. The summed E-state index contributed by atoms with van der Waals surface area (Å²) in [6, 6.07) is 32.9. The average molecular weight is 390 g/mol. The number of fused-ring (bicyclic) bond motifs is 3. The lowest BCUT2D eigenvalue weighted by atomic mass is 10.1. The molecule has 4 aromatic carbocycles. The number of anilines is 3. The Bertz CT molecular complexity index is 1300. The van der Waals surface area contributed by atoms with Crippen molar-refractivity contribution in [1.29, 1.82) is 0 Å². The van der Waals surface area contributed by atoms with Gasteiger partial charge in [0.25, 0.3) is 0 Å². The van der Waals surface area contributed by atoms with E-state index in [1.165, 1.54) is 10.9 Å². The van der Waals surface area contributed by atoms with Gasteiger partial charge in [-0.3, -0.25) is 4.79 Å². The molecule has 0 aliphatic rings. The Hall–Kier alpha value is -3.85. The highest BCUT2D eigenvalue weighted by atomic mass is 16.1. The van der Waals surface area contributed by atoms with Crippen LogP contribution in [0.3, 0.4) is 0 Å². The van der Waals surface area contributed by atoms with Crippen molar-refractivity contribution in [3.63, 3.8) is 0 Å². The SMILES string of the molecule is CCn1c2ccccc2c2ccc(C=O)c(N(c3ccccc3)c3ccccc3)c21. The number of aryl methyl sites for hydroxylation is 1. The number of aldehydes is 1. The third kappa shape index (κ3) is 2.79. The standard InChI is InChI=1S/C27H22N2O/c1-2-28-25-16-10-9-15-23(25)24-18-17-20(19-30)26(27(24)28)29(21-11-5-3-6-12-21)22-13-7-4-8-14-22/h3-19H,2H2,1H3. The molecule has 5 rings (SSSR count). The Labute approximate surface area is 175 Å². The van der Waals surface area contributed by atoms with Crippen LogP contribution in [0.4, 0.5) is 17.1 Å². The Morgan fingerprint density at radius 3 is 1.93 bits per heavy atom. The maximum atomic E-state index is 12.2. The van der Waals surface area contributed by atoms with Gasteiger partial charge in [0.15, 0.2) is 6.29 Å². The van der Waals surface area contributed by atoms with Gasteiger partial charge < -0.3 is 9.47 Å². The minimum atomic E-state index is 0.674. The van der Waals surface area contributed by atoms with Crippen molar-refractivity contribution in [2.24, 2.45) is 0 Å². The van der Waals surface area contributed by atoms with Gasteiger partial charge in [-0.25, -0.2) is 0 Å². The fourth-order valence-electron chi connectivity index (χ4n) is 4.36. The molecule has 0 radical (unpaired) electrons. The summed E-state index contributed by atoms with van der Waals surface area (Å²) in [4.78, 5) is 14.4. The second-order valence-electron chi connectivity index (χ2n) is 7.29. The fraction of sp³-hybridized carbons (Fsp3) is 0.0741. The highest BCUT2D eigenvalue weighted by molar-refractivity contribution is 6.16. The molecule has 0 N–H and O–H groups in total. The molecule has 0 saturated carbocycles. The van der Waals surface area contributed by atoms with Crippen molar-refractivity contribution >= 4 is 45.2 Å². The van der Waals surface area contributed by atoms with Crippen molar-refractivity contribution < 1.29 is 4.79 Å². The van der Waals surface area contributed by atoms with Gasteiger partial charge in [-0.2, -0.15) is 0 Å². The molecule has 5 aromatic rings. The van der Waals surface area contributed by atoms with Crippen molar-refractivity contribution in [3.8, 4) is 0 Å². The monoisotopic (exact) mass is 390 g/mol. The smallest absolute Gasteiger partial charge is 0.152 e. The third-order valence-corrected chi connectivity index (χ3v) is 5.63. The van der Waals surface area contributed by atoms with Gasteiger partial charge in [-0.1, -0.05) is 60.7 Å². The van der Waals surface area contributed by atoms with E-state index in [9.17, 15) is 4.79 Å². The Morgan fingerprint density at radius 1 is 0.733 bits per heavy atom. The van der Waals surface area contributed by atoms with Gasteiger partial charge in [0.2, 0.25) is 0 Å². The van der Waals surface area contributed by atoms with Crippen LogP contribution in [0.2, 0.25) is 0 Å². The number of nitrogens with zero attached hydrogens (tertiary/aromatic N) is 2. The number of hydrogen-bond acceptors (Lipinski definition) is 2. The second kappa shape index (κ2) is 7.53. The molecule has 0 saturated heterocycles. The molecule has 1 aromatic heterocycles.